The van der Waals surface area contributed by atoms with Crippen LogP contribution in [0.25, 0.3) is 5.57 Å². The van der Waals surface area contributed by atoms with Crippen molar-refractivity contribution in [2.24, 2.45) is 0 Å². The molecule has 2 aromatic rings. The molecule has 0 bridgehead atoms. The lowest BCUT2D eigenvalue weighted by molar-refractivity contribution is 0.0600. The van der Waals surface area contributed by atoms with Gasteiger partial charge in [-0.15, -0.1) is 0 Å². The summed E-state index contributed by atoms with van der Waals surface area (Å²) in [5, 5.41) is 0.194. The monoisotopic (exact) mass is 345 g/mol. The highest BCUT2D eigenvalue weighted by molar-refractivity contribution is 6.30. The van der Waals surface area contributed by atoms with Crippen molar-refractivity contribution in [3.05, 3.63) is 74.7 Å². The number of benzene rings is 1. The quantitative estimate of drug-likeness (QED) is 0.773. The molecule has 126 valence electrons. The number of hydrogen-bond donors (Lipinski definition) is 0. The predicted octanol–water partition coefficient (Wildman–Crippen LogP) is 3.87. The molecule has 0 unspecified atom stereocenters. The number of halogens is 1. The third-order valence-electron chi connectivity index (χ3n) is 3.97. The molecule has 0 saturated carbocycles. The Morgan fingerprint density at radius 1 is 1.29 bits per heavy atom. The SMILES string of the molecule is C=C(C)c1cc(Cl)c(=O)n(CCc2ccc(C(=O)OC)cc2)c1C. The molecular formula is C19H20ClNO3. The number of aromatic nitrogens is 1. The summed E-state index contributed by atoms with van der Waals surface area (Å²) in [5.41, 5.74) is 3.92. The molecule has 24 heavy (non-hydrogen) atoms. The van der Waals surface area contributed by atoms with Crippen molar-refractivity contribution in [1.82, 2.24) is 4.57 Å². The molecule has 0 aliphatic rings. The van der Waals surface area contributed by atoms with Gasteiger partial charge in [-0.25, -0.2) is 4.79 Å². The van der Waals surface area contributed by atoms with Crippen molar-refractivity contribution in [3.63, 3.8) is 0 Å². The van der Waals surface area contributed by atoms with Gasteiger partial charge in [0.25, 0.3) is 5.56 Å². The minimum atomic E-state index is -0.366. The Bertz CT molecular complexity index is 835. The fourth-order valence-corrected chi connectivity index (χ4v) is 2.80. The predicted molar refractivity (Wildman–Crippen MR) is 96.6 cm³/mol. The highest BCUT2D eigenvalue weighted by atomic mass is 35.5. The van der Waals surface area contributed by atoms with E-state index in [0.29, 0.717) is 18.5 Å². The summed E-state index contributed by atoms with van der Waals surface area (Å²) in [4.78, 5) is 23.7. The molecule has 0 atom stereocenters. The van der Waals surface area contributed by atoms with E-state index in [1.807, 2.05) is 26.0 Å². The highest BCUT2D eigenvalue weighted by Crippen LogP contribution is 2.19. The number of allylic oxidation sites excluding steroid dienone is 1. The van der Waals surface area contributed by atoms with Crippen molar-refractivity contribution < 1.29 is 9.53 Å². The van der Waals surface area contributed by atoms with E-state index < -0.39 is 0 Å². The first kappa shape index (κ1) is 18.0. The van der Waals surface area contributed by atoms with E-state index in [0.717, 1.165) is 22.4 Å². The zero-order valence-electron chi connectivity index (χ0n) is 14.1. The Morgan fingerprint density at radius 3 is 2.46 bits per heavy atom. The Balaban J connectivity index is 2.25. The number of pyridine rings is 1. The van der Waals surface area contributed by atoms with E-state index in [2.05, 4.69) is 11.3 Å². The van der Waals surface area contributed by atoms with Crippen LogP contribution in [-0.4, -0.2) is 17.6 Å². The fraction of sp³-hybridized carbons (Fsp3) is 0.263. The summed E-state index contributed by atoms with van der Waals surface area (Å²) in [5.74, 6) is -0.366. The maximum Gasteiger partial charge on any atom is 0.337 e. The minimum absolute atomic E-state index is 0.194. The van der Waals surface area contributed by atoms with Gasteiger partial charge in [-0.3, -0.25) is 4.79 Å². The van der Waals surface area contributed by atoms with E-state index in [4.69, 9.17) is 11.6 Å². The van der Waals surface area contributed by atoms with Crippen molar-refractivity contribution in [2.45, 2.75) is 26.8 Å². The van der Waals surface area contributed by atoms with E-state index in [-0.39, 0.29) is 16.6 Å². The van der Waals surface area contributed by atoms with E-state index in [1.54, 1.807) is 22.8 Å². The topological polar surface area (TPSA) is 48.3 Å². The molecule has 0 aliphatic heterocycles. The van der Waals surface area contributed by atoms with Crippen LogP contribution < -0.4 is 5.56 Å². The van der Waals surface area contributed by atoms with Gasteiger partial charge in [-0.05, 0) is 55.2 Å². The molecule has 1 aromatic carbocycles. The summed E-state index contributed by atoms with van der Waals surface area (Å²) >= 11 is 6.06. The Labute approximate surface area is 146 Å². The maximum absolute atomic E-state index is 12.3. The number of nitrogens with zero attached hydrogens (tertiary/aromatic N) is 1. The van der Waals surface area contributed by atoms with Crippen molar-refractivity contribution in [1.29, 1.82) is 0 Å². The molecule has 0 radical (unpaired) electrons. The summed E-state index contributed by atoms with van der Waals surface area (Å²) < 4.78 is 6.35. The van der Waals surface area contributed by atoms with Crippen LogP contribution in [0.1, 0.15) is 34.1 Å². The number of rotatable bonds is 5. The van der Waals surface area contributed by atoms with E-state index >= 15 is 0 Å². The van der Waals surface area contributed by atoms with E-state index in [9.17, 15) is 9.59 Å². The number of carbonyl (C=O) groups is 1. The Hall–Kier alpha value is -2.33. The fourth-order valence-electron chi connectivity index (χ4n) is 2.59. The normalized spacial score (nSPS) is 10.5. The third-order valence-corrected chi connectivity index (χ3v) is 4.24. The highest BCUT2D eigenvalue weighted by Gasteiger charge is 2.11. The number of esters is 1. The molecule has 0 saturated heterocycles. The molecule has 0 fully saturated rings. The van der Waals surface area contributed by atoms with Gasteiger partial charge < -0.3 is 9.30 Å². The van der Waals surface area contributed by atoms with Crippen LogP contribution in [0.4, 0.5) is 0 Å². The van der Waals surface area contributed by atoms with Crippen LogP contribution in [0.3, 0.4) is 0 Å². The van der Waals surface area contributed by atoms with Crippen molar-refractivity contribution >= 4 is 23.1 Å². The standard InChI is InChI=1S/C19H20ClNO3/c1-12(2)16-11-17(20)18(22)21(13(16)3)10-9-14-5-7-15(8-6-14)19(23)24-4/h5-8,11H,1,9-10H2,2-4H3. The molecule has 1 heterocycles. The molecular weight excluding hydrogens is 326 g/mol. The van der Waals surface area contributed by atoms with Crippen LogP contribution in [0.2, 0.25) is 5.02 Å². The van der Waals surface area contributed by atoms with E-state index in [1.165, 1.54) is 7.11 Å². The first-order valence-electron chi connectivity index (χ1n) is 7.58. The van der Waals surface area contributed by atoms with Crippen molar-refractivity contribution in [2.75, 3.05) is 7.11 Å². The van der Waals surface area contributed by atoms with Gasteiger partial charge in [0.1, 0.15) is 5.02 Å². The molecule has 0 spiro atoms. The lowest BCUT2D eigenvalue weighted by atomic mass is 10.1. The molecule has 0 aliphatic carbocycles. The number of carbonyl (C=O) groups excluding carboxylic acids is 1. The van der Waals surface area contributed by atoms with Gasteiger partial charge in [0.05, 0.1) is 12.7 Å². The summed E-state index contributed by atoms with van der Waals surface area (Å²) in [6.45, 7) is 8.21. The van der Waals surface area contributed by atoms with Gasteiger partial charge in [-0.2, -0.15) is 0 Å². The van der Waals surface area contributed by atoms with Crippen molar-refractivity contribution in [3.8, 4) is 0 Å². The second kappa shape index (κ2) is 7.49. The first-order valence-corrected chi connectivity index (χ1v) is 7.96. The lowest BCUT2D eigenvalue weighted by Gasteiger charge is -2.15. The smallest absolute Gasteiger partial charge is 0.337 e. The molecule has 0 amide bonds. The Morgan fingerprint density at radius 2 is 1.92 bits per heavy atom. The average molecular weight is 346 g/mol. The number of methoxy groups -OCH3 is 1. The molecule has 4 nitrogen and oxygen atoms in total. The second-order valence-corrected chi connectivity index (χ2v) is 6.07. The van der Waals surface area contributed by atoms with Crippen LogP contribution in [0.15, 0.2) is 41.7 Å². The lowest BCUT2D eigenvalue weighted by Crippen LogP contribution is -2.25. The molecule has 1 aromatic heterocycles. The third kappa shape index (κ3) is 3.77. The average Bonchev–Trinajstić information content (AvgIpc) is 2.57. The summed E-state index contributed by atoms with van der Waals surface area (Å²) in [6.07, 6.45) is 0.651. The number of aryl methyl sites for hydroxylation is 1. The largest absolute Gasteiger partial charge is 0.465 e. The van der Waals surface area contributed by atoms with Gasteiger partial charge in [-0.1, -0.05) is 30.3 Å². The number of hydrogen-bond acceptors (Lipinski definition) is 3. The number of ether oxygens (including phenoxy) is 1. The first-order chi connectivity index (χ1) is 11.3. The zero-order valence-corrected chi connectivity index (χ0v) is 14.8. The second-order valence-electron chi connectivity index (χ2n) is 5.67. The summed E-state index contributed by atoms with van der Waals surface area (Å²) in [7, 11) is 1.35. The Kier molecular flexibility index (Phi) is 5.62. The summed E-state index contributed by atoms with van der Waals surface area (Å²) in [6, 6.07) is 8.82. The molecule has 5 heteroatoms. The maximum atomic E-state index is 12.3. The van der Waals surface area contributed by atoms with Gasteiger partial charge in [0.2, 0.25) is 0 Å². The van der Waals surface area contributed by atoms with Gasteiger partial charge in [0.15, 0.2) is 0 Å². The molecule has 0 N–H and O–H groups in total. The zero-order chi connectivity index (χ0) is 17.9. The van der Waals surface area contributed by atoms with Crippen LogP contribution in [0, 0.1) is 6.92 Å². The van der Waals surface area contributed by atoms with Gasteiger partial charge >= 0.3 is 5.97 Å². The van der Waals surface area contributed by atoms with Gasteiger partial charge in [0, 0.05) is 12.2 Å². The van der Waals surface area contributed by atoms with Crippen LogP contribution in [0.5, 0.6) is 0 Å². The minimum Gasteiger partial charge on any atom is -0.465 e. The molecule has 2 rings (SSSR count). The van der Waals surface area contributed by atoms with Crippen LogP contribution >= 0.6 is 11.6 Å². The van der Waals surface area contributed by atoms with Crippen LogP contribution in [-0.2, 0) is 17.7 Å².